The molecule has 0 aromatic heterocycles. The van der Waals surface area contributed by atoms with E-state index in [0.717, 1.165) is 12.0 Å². The summed E-state index contributed by atoms with van der Waals surface area (Å²) in [6.45, 7) is 7.28. The molecule has 0 aliphatic heterocycles. The van der Waals surface area contributed by atoms with Gasteiger partial charge in [0.1, 0.15) is 5.75 Å². The van der Waals surface area contributed by atoms with Crippen LogP contribution in [0.4, 0.5) is 0 Å². The Bertz CT molecular complexity index is 335. The quantitative estimate of drug-likeness (QED) is 0.325. The third-order valence-corrected chi connectivity index (χ3v) is 3.36. The van der Waals surface area contributed by atoms with Crippen molar-refractivity contribution in [3.63, 3.8) is 0 Å². The Balaban J connectivity index is 0.000000626. The number of unbranched alkanes of at least 4 members (excludes halogenated alkanes) is 6. The van der Waals surface area contributed by atoms with E-state index in [2.05, 4.69) is 16.7 Å². The lowest BCUT2D eigenvalue weighted by molar-refractivity contribution is -0.287. The van der Waals surface area contributed by atoms with Crippen LogP contribution in [-0.4, -0.2) is 18.3 Å². The molecule has 1 N–H and O–H groups in total. The van der Waals surface area contributed by atoms with E-state index in [-0.39, 0.29) is 0 Å². The first-order valence-corrected chi connectivity index (χ1v) is 8.77. The highest BCUT2D eigenvalue weighted by atomic mass is 17.2. The normalized spacial score (nSPS) is 10.1. The Labute approximate surface area is 136 Å². The van der Waals surface area contributed by atoms with Crippen LogP contribution in [-0.2, 0) is 16.2 Å². The molecule has 0 saturated heterocycles. The summed E-state index contributed by atoms with van der Waals surface area (Å²) in [7, 11) is 0. The zero-order valence-corrected chi connectivity index (χ0v) is 14.6. The minimum Gasteiger partial charge on any atom is -0.508 e. The summed E-state index contributed by atoms with van der Waals surface area (Å²) in [5, 5.41) is 9.58. The third kappa shape index (κ3) is 12.7. The van der Waals surface area contributed by atoms with Crippen molar-refractivity contribution in [1.82, 2.24) is 0 Å². The lowest BCUT2D eigenvalue weighted by Crippen LogP contribution is -1.90. The molecule has 0 aliphatic carbocycles. The fraction of sp³-hybridized carbons (Fsp3) is 0.684. The summed E-state index contributed by atoms with van der Waals surface area (Å²) in [5.74, 6) is 0.452. The number of aromatic hydroxyl groups is 1. The Morgan fingerprint density at radius 1 is 0.773 bits per heavy atom. The smallest absolute Gasteiger partial charge is 0.118 e. The SMILES string of the molecule is CCCCCCCCCc1ccccc1O.CCOOCC. The molecule has 3 heteroatoms. The van der Waals surface area contributed by atoms with E-state index in [9.17, 15) is 5.11 Å². The second-order valence-electron chi connectivity index (χ2n) is 5.31. The van der Waals surface area contributed by atoms with Crippen LogP contribution in [0.15, 0.2) is 24.3 Å². The van der Waals surface area contributed by atoms with Gasteiger partial charge in [-0.1, -0.05) is 63.6 Å². The van der Waals surface area contributed by atoms with Crippen molar-refractivity contribution >= 4 is 0 Å². The number of rotatable bonds is 11. The van der Waals surface area contributed by atoms with Crippen molar-refractivity contribution in [3.05, 3.63) is 29.8 Å². The molecule has 0 saturated carbocycles. The molecule has 1 rings (SSSR count). The molecule has 0 amide bonds. The summed E-state index contributed by atoms with van der Waals surface area (Å²) >= 11 is 0. The highest BCUT2D eigenvalue weighted by Gasteiger charge is 1.98. The number of aryl methyl sites for hydroxylation is 1. The minimum absolute atomic E-state index is 0.452. The predicted molar refractivity (Wildman–Crippen MR) is 93.1 cm³/mol. The van der Waals surface area contributed by atoms with Crippen LogP contribution < -0.4 is 0 Å². The van der Waals surface area contributed by atoms with Gasteiger partial charge in [0.25, 0.3) is 0 Å². The fourth-order valence-electron chi connectivity index (χ4n) is 2.16. The molecule has 0 aliphatic rings. The Kier molecular flexibility index (Phi) is 15.5. The van der Waals surface area contributed by atoms with Crippen LogP contribution in [0.25, 0.3) is 0 Å². The average molecular weight is 310 g/mol. The molecular formula is C19H34O3. The van der Waals surface area contributed by atoms with Crippen LogP contribution in [0, 0.1) is 0 Å². The van der Waals surface area contributed by atoms with E-state index in [1.165, 1.54) is 44.9 Å². The molecule has 1 aromatic carbocycles. The van der Waals surface area contributed by atoms with E-state index in [1.54, 1.807) is 6.07 Å². The van der Waals surface area contributed by atoms with Crippen molar-refractivity contribution in [2.24, 2.45) is 0 Å². The van der Waals surface area contributed by atoms with Gasteiger partial charge >= 0.3 is 0 Å². The number of phenolic OH excluding ortho intramolecular Hbond substituents is 1. The molecule has 0 bridgehead atoms. The number of phenols is 1. The van der Waals surface area contributed by atoms with Crippen LogP contribution in [0.1, 0.15) is 71.3 Å². The number of benzene rings is 1. The van der Waals surface area contributed by atoms with Gasteiger partial charge in [-0.15, -0.1) is 0 Å². The summed E-state index contributed by atoms with van der Waals surface area (Å²) in [6, 6.07) is 7.67. The molecule has 1 aromatic rings. The first kappa shape index (κ1) is 20.9. The summed E-state index contributed by atoms with van der Waals surface area (Å²) in [5.41, 5.74) is 1.09. The lowest BCUT2D eigenvalue weighted by atomic mass is 10.0. The maximum absolute atomic E-state index is 9.58. The molecule has 0 atom stereocenters. The monoisotopic (exact) mass is 310 g/mol. The topological polar surface area (TPSA) is 38.7 Å². The van der Waals surface area contributed by atoms with Gasteiger partial charge in [-0.05, 0) is 38.3 Å². The van der Waals surface area contributed by atoms with Gasteiger partial charge in [-0.3, -0.25) is 0 Å². The second kappa shape index (κ2) is 16.3. The number of para-hydroxylation sites is 1. The Morgan fingerprint density at radius 3 is 1.86 bits per heavy atom. The van der Waals surface area contributed by atoms with Gasteiger partial charge in [0.2, 0.25) is 0 Å². The number of hydrogen-bond acceptors (Lipinski definition) is 3. The molecular weight excluding hydrogens is 276 g/mol. The number of hydrogen-bond donors (Lipinski definition) is 1. The Morgan fingerprint density at radius 2 is 1.32 bits per heavy atom. The second-order valence-corrected chi connectivity index (χ2v) is 5.31. The van der Waals surface area contributed by atoms with Gasteiger partial charge in [-0.2, -0.15) is 0 Å². The van der Waals surface area contributed by atoms with Crippen LogP contribution >= 0.6 is 0 Å². The van der Waals surface area contributed by atoms with Crippen LogP contribution in [0.2, 0.25) is 0 Å². The van der Waals surface area contributed by atoms with Crippen molar-refractivity contribution in [2.75, 3.05) is 13.2 Å². The van der Waals surface area contributed by atoms with Gasteiger partial charge < -0.3 is 5.11 Å². The zero-order valence-electron chi connectivity index (χ0n) is 14.6. The van der Waals surface area contributed by atoms with Crippen molar-refractivity contribution in [3.8, 4) is 5.75 Å². The molecule has 128 valence electrons. The summed E-state index contributed by atoms with van der Waals surface area (Å²) in [6.07, 6.45) is 10.3. The molecule has 0 radical (unpaired) electrons. The predicted octanol–water partition coefficient (Wildman–Crippen LogP) is 5.66. The summed E-state index contributed by atoms with van der Waals surface area (Å²) < 4.78 is 0. The van der Waals surface area contributed by atoms with E-state index < -0.39 is 0 Å². The average Bonchev–Trinajstić information content (AvgIpc) is 2.54. The highest BCUT2D eigenvalue weighted by molar-refractivity contribution is 5.31. The molecule has 0 fully saturated rings. The van der Waals surface area contributed by atoms with Gasteiger partial charge in [0.15, 0.2) is 0 Å². The standard InChI is InChI=1S/C15H24O.C4H10O2/c1-2-3-4-5-6-7-8-11-14-12-9-10-13-15(14)16;1-3-5-6-4-2/h9-10,12-13,16H,2-8,11H2,1H3;3-4H2,1-2H3. The van der Waals surface area contributed by atoms with Crippen LogP contribution in [0.5, 0.6) is 5.75 Å². The molecule has 0 unspecified atom stereocenters. The van der Waals surface area contributed by atoms with Gasteiger partial charge in [0, 0.05) is 0 Å². The van der Waals surface area contributed by atoms with Crippen molar-refractivity contribution < 1.29 is 14.9 Å². The maximum atomic E-state index is 9.58. The minimum atomic E-state index is 0.452. The first-order valence-electron chi connectivity index (χ1n) is 8.77. The summed E-state index contributed by atoms with van der Waals surface area (Å²) in [4.78, 5) is 8.97. The largest absolute Gasteiger partial charge is 0.508 e. The molecule has 0 heterocycles. The van der Waals surface area contributed by atoms with E-state index in [0.29, 0.717) is 19.0 Å². The third-order valence-electron chi connectivity index (χ3n) is 3.36. The van der Waals surface area contributed by atoms with Crippen molar-refractivity contribution in [1.29, 1.82) is 0 Å². The van der Waals surface area contributed by atoms with Gasteiger partial charge in [-0.25, -0.2) is 9.78 Å². The highest BCUT2D eigenvalue weighted by Crippen LogP contribution is 2.18. The fourth-order valence-corrected chi connectivity index (χ4v) is 2.16. The van der Waals surface area contributed by atoms with Gasteiger partial charge in [0.05, 0.1) is 13.2 Å². The Hall–Kier alpha value is -1.06. The van der Waals surface area contributed by atoms with Crippen molar-refractivity contribution in [2.45, 2.75) is 72.1 Å². The maximum Gasteiger partial charge on any atom is 0.118 e. The molecule has 22 heavy (non-hydrogen) atoms. The zero-order chi connectivity index (χ0) is 16.5. The van der Waals surface area contributed by atoms with E-state index in [4.69, 9.17) is 0 Å². The van der Waals surface area contributed by atoms with E-state index >= 15 is 0 Å². The first-order chi connectivity index (χ1) is 10.8. The molecule has 0 spiro atoms. The lowest BCUT2D eigenvalue weighted by Gasteiger charge is -2.04. The van der Waals surface area contributed by atoms with E-state index in [1.807, 2.05) is 32.0 Å². The molecule has 3 nitrogen and oxygen atoms in total. The van der Waals surface area contributed by atoms with Crippen LogP contribution in [0.3, 0.4) is 0 Å².